The summed E-state index contributed by atoms with van der Waals surface area (Å²) in [4.78, 5) is 0. The number of nitrogens with zero attached hydrogens (tertiary/aromatic N) is 2. The van der Waals surface area contributed by atoms with Gasteiger partial charge >= 0.3 is 0 Å². The Morgan fingerprint density at radius 1 is 1.33 bits per heavy atom. The minimum Gasteiger partial charge on any atom is -0.411 e. The molecule has 64 valence electrons. The summed E-state index contributed by atoms with van der Waals surface area (Å²) in [6.45, 7) is 0. The highest BCUT2D eigenvalue weighted by Crippen LogP contribution is 2.50. The monoisotopic (exact) mass is 164 g/mol. The van der Waals surface area contributed by atoms with Crippen LogP contribution in [0.1, 0.15) is 19.3 Å². The molecule has 1 N–H and O–H groups in total. The Hall–Kier alpha value is -1.04. The van der Waals surface area contributed by atoms with Crippen molar-refractivity contribution in [1.82, 2.24) is 0 Å². The lowest BCUT2D eigenvalue weighted by Gasteiger charge is -2.19. The van der Waals surface area contributed by atoms with Gasteiger partial charge in [-0.25, -0.2) is 0 Å². The second-order valence-electron chi connectivity index (χ2n) is 3.89. The molecule has 2 aliphatic carbocycles. The van der Waals surface area contributed by atoms with Crippen molar-refractivity contribution in [2.24, 2.45) is 28.8 Å². The summed E-state index contributed by atoms with van der Waals surface area (Å²) in [5, 5.41) is 20.2. The number of hydrogen-bond acceptors (Lipinski definition) is 3. The summed E-state index contributed by atoms with van der Waals surface area (Å²) in [6, 6.07) is 2.35. The van der Waals surface area contributed by atoms with Gasteiger partial charge in [-0.05, 0) is 31.1 Å². The molecule has 3 nitrogen and oxygen atoms in total. The second kappa shape index (κ2) is 2.78. The average molecular weight is 164 g/mol. The van der Waals surface area contributed by atoms with Crippen LogP contribution in [0.3, 0.4) is 0 Å². The average Bonchev–Trinajstić information content (AvgIpc) is 2.62. The van der Waals surface area contributed by atoms with Crippen molar-refractivity contribution in [2.75, 3.05) is 0 Å². The summed E-state index contributed by atoms with van der Waals surface area (Å²) in [5.41, 5.74) is 0. The lowest BCUT2D eigenvalue weighted by molar-refractivity contribution is 0.307. The SMILES string of the molecule is N#CC1CC2CC1CC2/C=N/O. The van der Waals surface area contributed by atoms with Crippen LogP contribution in [0.2, 0.25) is 0 Å². The van der Waals surface area contributed by atoms with E-state index in [-0.39, 0.29) is 5.92 Å². The van der Waals surface area contributed by atoms with Crippen molar-refractivity contribution < 1.29 is 5.21 Å². The van der Waals surface area contributed by atoms with E-state index in [9.17, 15) is 0 Å². The first-order chi connectivity index (χ1) is 5.85. The van der Waals surface area contributed by atoms with Crippen LogP contribution in [0.4, 0.5) is 0 Å². The van der Waals surface area contributed by atoms with Crippen molar-refractivity contribution >= 4 is 6.21 Å². The number of oxime groups is 1. The van der Waals surface area contributed by atoms with Gasteiger partial charge in [0, 0.05) is 18.1 Å². The van der Waals surface area contributed by atoms with Gasteiger partial charge in [0.2, 0.25) is 0 Å². The zero-order chi connectivity index (χ0) is 8.55. The predicted molar refractivity (Wildman–Crippen MR) is 43.7 cm³/mol. The first-order valence-corrected chi connectivity index (χ1v) is 4.42. The summed E-state index contributed by atoms with van der Waals surface area (Å²) in [5.74, 6) is 1.89. The van der Waals surface area contributed by atoms with Crippen LogP contribution in [0.25, 0.3) is 0 Å². The molecule has 2 saturated carbocycles. The summed E-state index contributed by atoms with van der Waals surface area (Å²) in [6.07, 6.45) is 4.86. The van der Waals surface area contributed by atoms with Crippen LogP contribution >= 0.6 is 0 Å². The molecule has 0 aromatic heterocycles. The Balaban J connectivity index is 2.04. The number of rotatable bonds is 1. The zero-order valence-electron chi connectivity index (χ0n) is 6.85. The summed E-state index contributed by atoms with van der Waals surface area (Å²) < 4.78 is 0. The third-order valence-electron chi connectivity index (χ3n) is 3.34. The molecule has 0 heterocycles. The van der Waals surface area contributed by atoms with E-state index in [2.05, 4.69) is 11.2 Å². The Labute approximate surface area is 71.7 Å². The summed E-state index contributed by atoms with van der Waals surface area (Å²) >= 11 is 0. The fourth-order valence-electron chi connectivity index (χ4n) is 2.75. The third-order valence-corrected chi connectivity index (χ3v) is 3.34. The van der Waals surface area contributed by atoms with Gasteiger partial charge in [0.1, 0.15) is 0 Å². The number of fused-ring (bicyclic) bond motifs is 2. The van der Waals surface area contributed by atoms with Crippen molar-refractivity contribution in [2.45, 2.75) is 19.3 Å². The molecular formula is C9H12N2O. The van der Waals surface area contributed by atoms with E-state index >= 15 is 0 Å². The second-order valence-corrected chi connectivity index (χ2v) is 3.89. The topological polar surface area (TPSA) is 56.4 Å². The molecule has 2 bridgehead atoms. The lowest BCUT2D eigenvalue weighted by Crippen LogP contribution is -2.17. The molecule has 2 aliphatic rings. The van der Waals surface area contributed by atoms with Crippen LogP contribution in [-0.2, 0) is 0 Å². The number of hydrogen-bond donors (Lipinski definition) is 1. The fraction of sp³-hybridized carbons (Fsp3) is 0.778. The Bertz CT molecular complexity index is 243. The maximum Gasteiger partial charge on any atom is 0.0658 e. The van der Waals surface area contributed by atoms with E-state index in [1.165, 1.54) is 0 Å². The quantitative estimate of drug-likeness (QED) is 0.364. The standard InChI is InChI=1S/C9H12N2O/c10-4-8-2-7-1-6(8)3-9(7)5-11-12/h5-9,12H,1-3H2/b11-5+. The minimum atomic E-state index is 0.276. The van der Waals surface area contributed by atoms with Crippen molar-refractivity contribution in [1.29, 1.82) is 5.26 Å². The maximum absolute atomic E-state index is 8.77. The van der Waals surface area contributed by atoms with Gasteiger partial charge < -0.3 is 5.21 Å². The van der Waals surface area contributed by atoms with Gasteiger partial charge in [0.15, 0.2) is 0 Å². The predicted octanol–water partition coefficient (Wildman–Crippen LogP) is 1.63. The minimum absolute atomic E-state index is 0.276. The molecule has 3 heteroatoms. The van der Waals surface area contributed by atoms with Crippen LogP contribution < -0.4 is 0 Å². The molecule has 0 spiro atoms. The van der Waals surface area contributed by atoms with E-state index in [0.717, 1.165) is 19.3 Å². The van der Waals surface area contributed by atoms with Crippen LogP contribution in [0, 0.1) is 35.0 Å². The smallest absolute Gasteiger partial charge is 0.0658 e. The van der Waals surface area contributed by atoms with E-state index in [1.807, 2.05) is 0 Å². The van der Waals surface area contributed by atoms with Gasteiger partial charge in [0.05, 0.1) is 6.07 Å². The van der Waals surface area contributed by atoms with Crippen molar-refractivity contribution in [3.63, 3.8) is 0 Å². The Kier molecular flexibility index (Phi) is 1.76. The largest absolute Gasteiger partial charge is 0.411 e. The van der Waals surface area contributed by atoms with E-state index in [4.69, 9.17) is 10.5 Å². The zero-order valence-corrected chi connectivity index (χ0v) is 6.85. The first kappa shape index (κ1) is 7.60. The Morgan fingerprint density at radius 3 is 2.67 bits per heavy atom. The highest BCUT2D eigenvalue weighted by molar-refractivity contribution is 5.61. The molecule has 0 saturated heterocycles. The third kappa shape index (κ3) is 0.989. The fourth-order valence-corrected chi connectivity index (χ4v) is 2.75. The molecule has 2 fully saturated rings. The molecule has 0 aliphatic heterocycles. The maximum atomic E-state index is 8.77. The molecule has 4 atom stereocenters. The van der Waals surface area contributed by atoms with E-state index in [1.54, 1.807) is 6.21 Å². The van der Waals surface area contributed by atoms with Gasteiger partial charge in [-0.1, -0.05) is 0 Å². The van der Waals surface area contributed by atoms with Gasteiger partial charge in [-0.15, -0.1) is 5.16 Å². The molecule has 12 heavy (non-hydrogen) atoms. The molecule has 0 aromatic rings. The van der Waals surface area contributed by atoms with E-state index < -0.39 is 0 Å². The van der Waals surface area contributed by atoms with Gasteiger partial charge in [-0.2, -0.15) is 5.26 Å². The highest BCUT2D eigenvalue weighted by atomic mass is 16.4. The normalized spacial score (nSPS) is 45.2. The lowest BCUT2D eigenvalue weighted by atomic mass is 9.83. The van der Waals surface area contributed by atoms with Crippen molar-refractivity contribution in [3.8, 4) is 6.07 Å². The molecule has 0 aromatic carbocycles. The van der Waals surface area contributed by atoms with Crippen LogP contribution in [0.5, 0.6) is 0 Å². The molecular weight excluding hydrogens is 152 g/mol. The highest BCUT2D eigenvalue weighted by Gasteiger charge is 2.45. The van der Waals surface area contributed by atoms with Gasteiger partial charge in [-0.3, -0.25) is 0 Å². The Morgan fingerprint density at radius 2 is 2.17 bits per heavy atom. The molecule has 0 amide bonds. The van der Waals surface area contributed by atoms with Crippen LogP contribution in [-0.4, -0.2) is 11.4 Å². The molecule has 4 unspecified atom stereocenters. The van der Waals surface area contributed by atoms with Gasteiger partial charge in [0.25, 0.3) is 0 Å². The summed E-state index contributed by atoms with van der Waals surface area (Å²) in [7, 11) is 0. The molecule has 0 radical (unpaired) electrons. The molecule has 2 rings (SSSR count). The first-order valence-electron chi connectivity index (χ1n) is 4.42. The number of nitriles is 1. The van der Waals surface area contributed by atoms with Crippen molar-refractivity contribution in [3.05, 3.63) is 0 Å². The van der Waals surface area contributed by atoms with Crippen LogP contribution in [0.15, 0.2) is 5.16 Å². The van der Waals surface area contributed by atoms with E-state index in [0.29, 0.717) is 17.8 Å².